The second kappa shape index (κ2) is 10.8. The summed E-state index contributed by atoms with van der Waals surface area (Å²) in [6.07, 6.45) is 5.21. The zero-order chi connectivity index (χ0) is 28.6. The van der Waals surface area contributed by atoms with E-state index in [1.54, 1.807) is 19.9 Å². The van der Waals surface area contributed by atoms with Crippen LogP contribution < -0.4 is 15.4 Å². The van der Waals surface area contributed by atoms with Crippen LogP contribution in [0.3, 0.4) is 0 Å². The summed E-state index contributed by atoms with van der Waals surface area (Å²) < 4.78 is 65.6. The summed E-state index contributed by atoms with van der Waals surface area (Å²) in [6.45, 7) is 3.36. The predicted octanol–water partition coefficient (Wildman–Crippen LogP) is 4.40. The molecule has 40 heavy (non-hydrogen) atoms. The first-order valence-corrected chi connectivity index (χ1v) is 13.8. The van der Waals surface area contributed by atoms with E-state index < -0.39 is 33.7 Å². The number of anilines is 2. The zero-order valence-corrected chi connectivity index (χ0v) is 22.6. The maximum absolute atomic E-state index is 14.9. The Bertz CT molecular complexity index is 1710. The Labute approximate surface area is 228 Å². The van der Waals surface area contributed by atoms with Gasteiger partial charge >= 0.3 is 0 Å². The Morgan fingerprint density at radius 2 is 1.98 bits per heavy atom. The van der Waals surface area contributed by atoms with Gasteiger partial charge in [0.1, 0.15) is 11.4 Å². The highest BCUT2D eigenvalue weighted by Gasteiger charge is 2.27. The Balaban J connectivity index is 1.41. The number of methoxy groups -OCH3 is 1. The normalized spacial score (nSPS) is 14.5. The van der Waals surface area contributed by atoms with E-state index in [1.165, 1.54) is 31.5 Å². The summed E-state index contributed by atoms with van der Waals surface area (Å²) in [4.78, 5) is 21.3. The van der Waals surface area contributed by atoms with Gasteiger partial charge in [0.25, 0.3) is 16.0 Å². The summed E-state index contributed by atoms with van der Waals surface area (Å²) in [7, 11) is -2.62. The largest absolute Gasteiger partial charge is 0.481 e. The maximum Gasteiger partial charge on any atom is 0.297 e. The van der Waals surface area contributed by atoms with Crippen LogP contribution in [-0.4, -0.2) is 47.1 Å². The van der Waals surface area contributed by atoms with E-state index in [1.807, 2.05) is 0 Å². The summed E-state index contributed by atoms with van der Waals surface area (Å²) in [5, 5.41) is 9.56. The number of hydrogen-bond donors (Lipinski definition) is 2. The number of carbonyl (C=O) groups excluding carboxylic acids is 1. The van der Waals surface area contributed by atoms with Gasteiger partial charge in [-0.15, -0.1) is 0 Å². The number of ether oxygens (including phenoxy) is 1. The van der Waals surface area contributed by atoms with Crippen molar-refractivity contribution in [3.05, 3.63) is 71.2 Å². The number of amides is 1. The van der Waals surface area contributed by atoms with Crippen LogP contribution in [0.5, 0.6) is 5.88 Å². The zero-order valence-electron chi connectivity index (χ0n) is 21.8. The molecule has 3 aromatic heterocycles. The van der Waals surface area contributed by atoms with E-state index >= 15 is 0 Å². The van der Waals surface area contributed by atoms with Gasteiger partial charge in [0.15, 0.2) is 17.3 Å². The highest BCUT2D eigenvalue weighted by atomic mass is 32.2. The molecule has 1 fully saturated rings. The SMILES string of the molecule is COc1ncc(F)cc1[C@@H](C)Nc1nc2c(C(=O)Nc3cc(S(=O)(=O)OC4CCC4)ccc3C)cnn2cc1F. The maximum atomic E-state index is 14.9. The molecule has 4 aromatic rings. The van der Waals surface area contributed by atoms with Crippen molar-refractivity contribution in [2.75, 3.05) is 17.7 Å². The molecule has 1 atom stereocenters. The Morgan fingerprint density at radius 3 is 2.67 bits per heavy atom. The number of rotatable bonds is 9. The molecule has 11 nitrogen and oxygen atoms in total. The molecule has 0 aliphatic heterocycles. The van der Waals surface area contributed by atoms with Gasteiger partial charge in [0, 0.05) is 11.3 Å². The molecular weight excluding hydrogens is 546 g/mol. The van der Waals surface area contributed by atoms with E-state index in [9.17, 15) is 22.0 Å². The summed E-state index contributed by atoms with van der Waals surface area (Å²) in [5.41, 5.74) is 1.25. The number of aryl methyl sites for hydroxylation is 1. The fourth-order valence-corrected chi connectivity index (χ4v) is 5.30. The number of nitrogens with zero attached hydrogens (tertiary/aromatic N) is 4. The van der Waals surface area contributed by atoms with Gasteiger partial charge in [-0.1, -0.05) is 6.07 Å². The molecule has 1 aliphatic rings. The van der Waals surface area contributed by atoms with Gasteiger partial charge in [-0.2, -0.15) is 13.5 Å². The quantitative estimate of drug-likeness (QED) is 0.280. The van der Waals surface area contributed by atoms with Crippen LogP contribution in [-0.2, 0) is 14.3 Å². The molecule has 1 amide bonds. The number of benzene rings is 1. The van der Waals surface area contributed by atoms with Crippen LogP contribution in [0, 0.1) is 18.6 Å². The van der Waals surface area contributed by atoms with Crippen LogP contribution >= 0.6 is 0 Å². The van der Waals surface area contributed by atoms with Gasteiger partial charge in [0.2, 0.25) is 5.88 Å². The first kappa shape index (κ1) is 27.4. The van der Waals surface area contributed by atoms with Crippen molar-refractivity contribution >= 4 is 33.2 Å². The van der Waals surface area contributed by atoms with E-state index in [0.717, 1.165) is 23.3 Å². The third-order valence-corrected chi connectivity index (χ3v) is 7.97. The molecular formula is C26H26F2N6O5S. The van der Waals surface area contributed by atoms with E-state index in [2.05, 4.69) is 25.7 Å². The van der Waals surface area contributed by atoms with E-state index in [0.29, 0.717) is 24.0 Å². The fraction of sp³-hybridized carbons (Fsp3) is 0.308. The Hall–Kier alpha value is -4.17. The standard InChI is InChI=1S/C26H26F2N6O5S/c1-14-7-8-18(40(36,37)39-17-5-4-6-17)10-22(14)32-25(35)20-12-30-34-13-21(28)23(33-24(20)34)31-15(2)19-9-16(27)11-29-26(19)38-3/h7-13,15,17H,4-6H2,1-3H3,(H,31,33)(H,32,35)/t15-/m1/s1. The summed E-state index contributed by atoms with van der Waals surface area (Å²) in [6, 6.07) is 4.86. The molecule has 1 saturated carbocycles. The van der Waals surface area contributed by atoms with Gasteiger partial charge in [-0.3, -0.25) is 8.98 Å². The molecule has 0 saturated heterocycles. The number of halogens is 2. The Kier molecular flexibility index (Phi) is 7.38. The van der Waals surface area contributed by atoms with Crippen LogP contribution in [0.4, 0.5) is 20.3 Å². The molecule has 1 aromatic carbocycles. The monoisotopic (exact) mass is 572 g/mol. The number of carbonyl (C=O) groups is 1. The first-order valence-electron chi connectivity index (χ1n) is 12.4. The van der Waals surface area contributed by atoms with Crippen molar-refractivity contribution < 1.29 is 30.9 Å². The Morgan fingerprint density at radius 1 is 1.20 bits per heavy atom. The molecule has 1 aliphatic carbocycles. The van der Waals surface area contributed by atoms with Crippen molar-refractivity contribution in [1.82, 2.24) is 19.6 Å². The smallest absolute Gasteiger partial charge is 0.297 e. The molecule has 0 bridgehead atoms. The number of pyridine rings is 1. The van der Waals surface area contributed by atoms with Crippen molar-refractivity contribution in [2.24, 2.45) is 0 Å². The van der Waals surface area contributed by atoms with Gasteiger partial charge in [0.05, 0.1) is 42.7 Å². The minimum Gasteiger partial charge on any atom is -0.481 e. The average Bonchev–Trinajstić information content (AvgIpc) is 3.30. The third-order valence-electron chi connectivity index (χ3n) is 6.61. The van der Waals surface area contributed by atoms with Crippen LogP contribution in [0.1, 0.15) is 53.7 Å². The van der Waals surface area contributed by atoms with Gasteiger partial charge < -0.3 is 15.4 Å². The highest BCUT2D eigenvalue weighted by molar-refractivity contribution is 7.86. The van der Waals surface area contributed by atoms with Crippen molar-refractivity contribution in [1.29, 1.82) is 0 Å². The van der Waals surface area contributed by atoms with Crippen LogP contribution in [0.2, 0.25) is 0 Å². The molecule has 0 spiro atoms. The minimum atomic E-state index is -4.00. The summed E-state index contributed by atoms with van der Waals surface area (Å²) in [5.74, 6) is -2.05. The predicted molar refractivity (Wildman–Crippen MR) is 141 cm³/mol. The first-order chi connectivity index (χ1) is 19.1. The molecule has 210 valence electrons. The third kappa shape index (κ3) is 5.45. The second-order valence-electron chi connectivity index (χ2n) is 9.42. The fourth-order valence-electron chi connectivity index (χ4n) is 4.14. The molecule has 14 heteroatoms. The number of hydrogen-bond acceptors (Lipinski definition) is 9. The lowest BCUT2D eigenvalue weighted by Gasteiger charge is -2.24. The molecule has 0 radical (unpaired) electrons. The van der Waals surface area contributed by atoms with E-state index in [-0.39, 0.29) is 39.6 Å². The number of fused-ring (bicyclic) bond motifs is 1. The van der Waals surface area contributed by atoms with Crippen molar-refractivity contribution in [3.8, 4) is 5.88 Å². The lowest BCUT2D eigenvalue weighted by atomic mass is 9.97. The molecule has 5 rings (SSSR count). The van der Waals surface area contributed by atoms with Gasteiger partial charge in [-0.05, 0) is 56.9 Å². The van der Waals surface area contributed by atoms with Crippen LogP contribution in [0.15, 0.2) is 47.8 Å². The molecule has 3 heterocycles. The van der Waals surface area contributed by atoms with Crippen molar-refractivity contribution in [2.45, 2.75) is 50.2 Å². The number of nitrogens with one attached hydrogen (secondary N) is 2. The molecule has 0 unspecified atom stereocenters. The number of aromatic nitrogens is 4. The minimum absolute atomic E-state index is 0.0130. The lowest BCUT2D eigenvalue weighted by molar-refractivity contribution is 0.102. The van der Waals surface area contributed by atoms with Crippen molar-refractivity contribution in [3.63, 3.8) is 0 Å². The highest BCUT2D eigenvalue weighted by Crippen LogP contribution is 2.30. The van der Waals surface area contributed by atoms with E-state index in [4.69, 9.17) is 8.92 Å². The lowest BCUT2D eigenvalue weighted by Crippen LogP contribution is -2.25. The summed E-state index contributed by atoms with van der Waals surface area (Å²) >= 11 is 0. The van der Waals surface area contributed by atoms with Crippen LogP contribution in [0.25, 0.3) is 5.65 Å². The van der Waals surface area contributed by atoms with Gasteiger partial charge in [-0.25, -0.2) is 23.3 Å². The topological polar surface area (TPSA) is 137 Å². The second-order valence-corrected chi connectivity index (χ2v) is 11.0. The molecule has 2 N–H and O–H groups in total. The average molecular weight is 573 g/mol.